The highest BCUT2D eigenvalue weighted by atomic mass is 16.2. The number of ketones is 1. The van der Waals surface area contributed by atoms with Crippen molar-refractivity contribution in [3.05, 3.63) is 89.6 Å². The lowest BCUT2D eigenvalue weighted by molar-refractivity contribution is -0.133. The summed E-state index contributed by atoms with van der Waals surface area (Å²) in [6.45, 7) is 5.51. The van der Waals surface area contributed by atoms with Gasteiger partial charge < -0.3 is 10.2 Å². The maximum atomic E-state index is 13.4. The first-order valence-electron chi connectivity index (χ1n) is 11.3. The number of fused-ring (bicyclic) bond motifs is 2. The Labute approximate surface area is 198 Å². The summed E-state index contributed by atoms with van der Waals surface area (Å²) in [4.78, 5) is 42.3. The molecule has 1 atom stereocenters. The maximum Gasteiger partial charge on any atom is 0.325 e. The molecule has 3 amide bonds. The number of carbonyl (C=O) groups excluding carboxylic acids is 3. The molecule has 2 aliphatic rings. The molecule has 1 N–H and O–H groups in total. The molecule has 1 saturated heterocycles. The summed E-state index contributed by atoms with van der Waals surface area (Å²) in [5, 5.41) is 4.83. The number of hydrogen-bond acceptors (Lipinski definition) is 4. The van der Waals surface area contributed by atoms with E-state index >= 15 is 0 Å². The summed E-state index contributed by atoms with van der Waals surface area (Å²) in [6, 6.07) is 21.0. The highest BCUT2D eigenvalue weighted by molar-refractivity contribution is 6.10. The van der Waals surface area contributed by atoms with Crippen molar-refractivity contribution in [3.63, 3.8) is 0 Å². The number of benzene rings is 3. The van der Waals surface area contributed by atoms with Crippen molar-refractivity contribution >= 4 is 34.2 Å². The van der Waals surface area contributed by atoms with Crippen molar-refractivity contribution in [3.8, 4) is 0 Å². The number of nitrogens with one attached hydrogen (secondary N) is 1. The van der Waals surface area contributed by atoms with E-state index in [2.05, 4.69) is 25.2 Å². The summed E-state index contributed by atoms with van der Waals surface area (Å²) in [5.41, 5.74) is 2.11. The summed E-state index contributed by atoms with van der Waals surface area (Å²) < 4.78 is 0. The third-order valence-electron chi connectivity index (χ3n) is 7.15. The number of hydrogen-bond donors (Lipinski definition) is 1. The molecule has 5 rings (SSSR count). The van der Waals surface area contributed by atoms with Gasteiger partial charge in [-0.15, -0.1) is 0 Å². The van der Waals surface area contributed by atoms with Crippen LogP contribution in [-0.2, 0) is 20.5 Å². The summed E-state index contributed by atoms with van der Waals surface area (Å²) in [7, 11) is 1.93. The Kier molecular flexibility index (Phi) is 4.86. The van der Waals surface area contributed by atoms with Crippen LogP contribution in [0.2, 0.25) is 0 Å². The van der Waals surface area contributed by atoms with Crippen LogP contribution in [0.1, 0.15) is 31.9 Å². The molecule has 0 aromatic heterocycles. The molecule has 6 heteroatoms. The fourth-order valence-electron chi connectivity index (χ4n) is 5.15. The summed E-state index contributed by atoms with van der Waals surface area (Å²) >= 11 is 0. The van der Waals surface area contributed by atoms with Gasteiger partial charge in [-0.2, -0.15) is 0 Å². The lowest BCUT2D eigenvalue weighted by Crippen LogP contribution is -2.41. The van der Waals surface area contributed by atoms with Gasteiger partial charge in [-0.1, -0.05) is 68.4 Å². The van der Waals surface area contributed by atoms with E-state index in [0.29, 0.717) is 5.56 Å². The maximum absolute atomic E-state index is 13.4. The number of anilines is 1. The van der Waals surface area contributed by atoms with Gasteiger partial charge in [-0.25, -0.2) is 4.79 Å². The molecule has 2 heterocycles. The largest absolute Gasteiger partial charge is 0.347 e. The molecular weight excluding hydrogens is 426 g/mol. The Bertz CT molecular complexity index is 1390. The van der Waals surface area contributed by atoms with Crippen LogP contribution in [0.5, 0.6) is 0 Å². The van der Waals surface area contributed by atoms with E-state index in [0.717, 1.165) is 32.6 Å². The van der Waals surface area contributed by atoms with Crippen molar-refractivity contribution in [1.82, 2.24) is 10.2 Å². The van der Waals surface area contributed by atoms with Gasteiger partial charge in [0.1, 0.15) is 5.54 Å². The zero-order valence-corrected chi connectivity index (χ0v) is 19.8. The molecule has 0 radical (unpaired) electrons. The highest BCUT2D eigenvalue weighted by Crippen LogP contribution is 2.46. The van der Waals surface area contributed by atoms with Crippen LogP contribution in [0.4, 0.5) is 10.5 Å². The van der Waals surface area contributed by atoms with E-state index in [4.69, 9.17) is 0 Å². The van der Waals surface area contributed by atoms with E-state index in [1.165, 1.54) is 0 Å². The Balaban J connectivity index is 1.40. The molecule has 3 aromatic rings. The molecule has 172 valence electrons. The molecular formula is C28H27N3O3. The van der Waals surface area contributed by atoms with Crippen molar-refractivity contribution < 1.29 is 14.4 Å². The number of allylic oxidation sites excluding steroid dienone is 1. The smallest absolute Gasteiger partial charge is 0.325 e. The Morgan fingerprint density at radius 2 is 1.62 bits per heavy atom. The van der Waals surface area contributed by atoms with Crippen LogP contribution in [0.3, 0.4) is 0 Å². The molecule has 1 unspecified atom stereocenters. The van der Waals surface area contributed by atoms with Gasteiger partial charge in [0.25, 0.3) is 5.91 Å². The molecule has 1 fully saturated rings. The first-order chi connectivity index (χ1) is 16.1. The molecule has 34 heavy (non-hydrogen) atoms. The number of likely N-dealkylation sites (N-methyl/N-ethyl adjacent to an activating group) is 1. The van der Waals surface area contributed by atoms with Crippen LogP contribution in [0, 0.1) is 0 Å². The quantitative estimate of drug-likeness (QED) is 0.467. The lowest BCUT2D eigenvalue weighted by Gasteiger charge is -2.24. The van der Waals surface area contributed by atoms with Crippen molar-refractivity contribution in [2.75, 3.05) is 18.5 Å². The number of amides is 3. The van der Waals surface area contributed by atoms with E-state index in [1.54, 1.807) is 13.0 Å². The van der Waals surface area contributed by atoms with Crippen molar-refractivity contribution in [2.24, 2.45) is 0 Å². The second kappa shape index (κ2) is 7.55. The fourth-order valence-corrected chi connectivity index (χ4v) is 5.15. The van der Waals surface area contributed by atoms with Crippen molar-refractivity contribution in [2.45, 2.75) is 31.7 Å². The van der Waals surface area contributed by atoms with Crippen molar-refractivity contribution in [1.29, 1.82) is 0 Å². The lowest BCUT2D eigenvalue weighted by atomic mass is 9.83. The number of nitrogens with zero attached hydrogens (tertiary/aromatic N) is 2. The van der Waals surface area contributed by atoms with E-state index in [9.17, 15) is 14.4 Å². The predicted molar refractivity (Wildman–Crippen MR) is 133 cm³/mol. The number of urea groups is 1. The molecule has 0 bridgehead atoms. The minimum absolute atomic E-state index is 0.297. The minimum atomic E-state index is -1.23. The fraction of sp³-hybridized carbons (Fsp3) is 0.250. The molecule has 0 spiro atoms. The average Bonchev–Trinajstić information content (AvgIpc) is 3.16. The van der Waals surface area contributed by atoms with E-state index < -0.39 is 17.5 Å². The average molecular weight is 454 g/mol. The van der Waals surface area contributed by atoms with Gasteiger partial charge in [0.15, 0.2) is 5.78 Å². The second-order valence-electron chi connectivity index (χ2n) is 9.71. The van der Waals surface area contributed by atoms with Crippen LogP contribution in [0.15, 0.2) is 78.5 Å². The summed E-state index contributed by atoms with van der Waals surface area (Å²) in [5.74, 6) is -0.726. The van der Waals surface area contributed by atoms with Gasteiger partial charge in [0.05, 0.1) is 6.54 Å². The molecule has 3 aromatic carbocycles. The van der Waals surface area contributed by atoms with Crippen LogP contribution in [0.25, 0.3) is 10.8 Å². The van der Waals surface area contributed by atoms with Gasteiger partial charge in [-0.05, 0) is 41.0 Å². The first kappa shape index (κ1) is 21.9. The molecule has 0 aliphatic carbocycles. The van der Waals surface area contributed by atoms with E-state index in [-0.39, 0.29) is 17.7 Å². The number of rotatable bonds is 4. The monoisotopic (exact) mass is 453 g/mol. The molecule has 6 nitrogen and oxygen atoms in total. The predicted octanol–water partition coefficient (Wildman–Crippen LogP) is 4.49. The van der Waals surface area contributed by atoms with Gasteiger partial charge in [0, 0.05) is 29.9 Å². The topological polar surface area (TPSA) is 69.7 Å². The second-order valence-corrected chi connectivity index (χ2v) is 9.71. The van der Waals surface area contributed by atoms with Crippen LogP contribution < -0.4 is 10.2 Å². The Hall–Kier alpha value is -3.93. The summed E-state index contributed by atoms with van der Waals surface area (Å²) in [6.07, 6.45) is 1.56. The number of carbonyl (C=O) groups is 3. The third-order valence-corrected chi connectivity index (χ3v) is 7.15. The van der Waals surface area contributed by atoms with Gasteiger partial charge in [0.2, 0.25) is 0 Å². The SMILES string of the molecule is CN1C(=CC(=O)CN2C(=O)NC(C)(c3ccc4ccccc4c3)C2=O)C(C)(C)c2ccccc21. The third kappa shape index (κ3) is 3.21. The van der Waals surface area contributed by atoms with Crippen LogP contribution >= 0.6 is 0 Å². The van der Waals surface area contributed by atoms with Gasteiger partial charge in [-0.3, -0.25) is 14.5 Å². The minimum Gasteiger partial charge on any atom is -0.347 e. The van der Waals surface area contributed by atoms with E-state index in [1.807, 2.05) is 72.6 Å². The number of para-hydroxylation sites is 1. The van der Waals surface area contributed by atoms with Crippen LogP contribution in [-0.4, -0.2) is 36.2 Å². The normalized spacial score (nSPS) is 22.4. The zero-order valence-electron chi connectivity index (χ0n) is 19.8. The number of imide groups is 1. The Morgan fingerprint density at radius 3 is 2.35 bits per heavy atom. The highest BCUT2D eigenvalue weighted by Gasteiger charge is 2.49. The Morgan fingerprint density at radius 1 is 0.941 bits per heavy atom. The standard InChI is InChI=1S/C28H27N3O3/c1-27(2)22-11-7-8-12-23(22)30(4)24(27)16-21(32)17-31-25(33)28(3,29-26(31)34)20-14-13-18-9-5-6-10-19(18)15-20/h5-16H,17H2,1-4H3,(H,29,34). The van der Waals surface area contributed by atoms with Gasteiger partial charge >= 0.3 is 6.03 Å². The first-order valence-corrected chi connectivity index (χ1v) is 11.3. The zero-order chi connectivity index (χ0) is 24.3. The molecule has 2 aliphatic heterocycles. The molecule has 0 saturated carbocycles.